The molecule has 21 heavy (non-hydrogen) atoms. The molecule has 0 aromatic heterocycles. The van der Waals surface area contributed by atoms with Gasteiger partial charge in [0.25, 0.3) is 0 Å². The molecule has 1 aromatic rings. The van der Waals surface area contributed by atoms with Crippen LogP contribution in [0.3, 0.4) is 0 Å². The van der Waals surface area contributed by atoms with Crippen LogP contribution in [0, 0.1) is 5.41 Å². The molecule has 1 aliphatic heterocycles. The average molecular weight is 288 g/mol. The molecule has 1 fully saturated rings. The minimum Gasteiger partial charge on any atom is -0.319 e. The van der Waals surface area contributed by atoms with Crippen molar-refractivity contribution in [1.82, 2.24) is 10.2 Å². The molecule has 1 N–H and O–H groups in total. The van der Waals surface area contributed by atoms with E-state index in [-0.39, 0.29) is 23.5 Å². The minimum atomic E-state index is -0.00654. The Bertz CT molecular complexity index is 499. The molecule has 1 aromatic carbocycles. The van der Waals surface area contributed by atoms with E-state index >= 15 is 0 Å². The monoisotopic (exact) mass is 288 g/mol. The largest absolute Gasteiger partial charge is 0.319 e. The van der Waals surface area contributed by atoms with Gasteiger partial charge < -0.3 is 4.90 Å². The number of nitrogens with one attached hydrogen (secondary N) is 1. The molecule has 1 heterocycles. The first-order chi connectivity index (χ1) is 9.71. The third-order valence-corrected chi connectivity index (χ3v) is 4.60. The van der Waals surface area contributed by atoms with Crippen LogP contribution in [0.5, 0.6) is 0 Å². The molecular weight excluding hydrogens is 260 g/mol. The fourth-order valence-electron chi connectivity index (χ4n) is 2.72. The number of rotatable bonds is 3. The fraction of sp³-hybridized carbons (Fsp3) is 0.611. The summed E-state index contributed by atoms with van der Waals surface area (Å²) >= 11 is 0. The number of hydrogen-bond donors (Lipinski definition) is 1. The lowest BCUT2D eigenvalue weighted by molar-refractivity contribution is -0.132. The van der Waals surface area contributed by atoms with Gasteiger partial charge in [-0.1, -0.05) is 58.9 Å². The Morgan fingerprint density at radius 3 is 2.19 bits per heavy atom. The zero-order chi connectivity index (χ0) is 15.8. The molecule has 116 valence electrons. The van der Waals surface area contributed by atoms with Gasteiger partial charge in [-0.25, -0.2) is 0 Å². The molecule has 3 nitrogen and oxygen atoms in total. The van der Waals surface area contributed by atoms with Crippen LogP contribution in [0.4, 0.5) is 0 Å². The Balaban J connectivity index is 2.27. The smallest absolute Gasteiger partial charge is 0.238 e. The maximum atomic E-state index is 12.3. The standard InChI is InChI=1S/C18H28N2O/c1-12(2)14-7-9-15(10-8-14)17-19-11-16(21)20(17)13(3)18(4,5)6/h7-10,12-13,17,19H,11H2,1-6H3. The van der Waals surface area contributed by atoms with Crippen molar-refractivity contribution in [2.75, 3.05) is 6.54 Å². The number of amides is 1. The van der Waals surface area contributed by atoms with Crippen molar-refractivity contribution in [3.8, 4) is 0 Å². The van der Waals surface area contributed by atoms with Crippen LogP contribution < -0.4 is 5.32 Å². The van der Waals surface area contributed by atoms with Gasteiger partial charge in [0.15, 0.2) is 0 Å². The summed E-state index contributed by atoms with van der Waals surface area (Å²) < 4.78 is 0. The Hall–Kier alpha value is -1.35. The number of benzene rings is 1. The highest BCUT2D eigenvalue weighted by molar-refractivity contribution is 5.81. The SMILES string of the molecule is CC(C)c1ccc(C2NCC(=O)N2C(C)C(C)(C)C)cc1. The maximum absolute atomic E-state index is 12.3. The summed E-state index contributed by atoms with van der Waals surface area (Å²) in [5.74, 6) is 0.720. The molecule has 1 amide bonds. The molecule has 0 spiro atoms. The van der Waals surface area contributed by atoms with Crippen LogP contribution in [-0.4, -0.2) is 23.4 Å². The first kappa shape index (κ1) is 16.0. The number of hydrogen-bond acceptors (Lipinski definition) is 2. The lowest BCUT2D eigenvalue weighted by Gasteiger charge is -2.38. The summed E-state index contributed by atoms with van der Waals surface area (Å²) in [6, 6.07) is 8.83. The topological polar surface area (TPSA) is 32.3 Å². The minimum absolute atomic E-state index is 0.00654. The molecule has 2 rings (SSSR count). The summed E-state index contributed by atoms with van der Waals surface area (Å²) in [6.07, 6.45) is -0.00654. The van der Waals surface area contributed by atoms with Gasteiger partial charge >= 0.3 is 0 Å². The molecule has 1 aliphatic rings. The zero-order valence-electron chi connectivity index (χ0n) is 14.1. The van der Waals surface area contributed by atoms with Crippen molar-refractivity contribution in [1.29, 1.82) is 0 Å². The second-order valence-electron chi connectivity index (χ2n) is 7.45. The molecule has 1 saturated heterocycles. The third kappa shape index (κ3) is 3.29. The predicted octanol–water partition coefficient (Wildman–Crippen LogP) is 3.68. The zero-order valence-corrected chi connectivity index (χ0v) is 14.1. The van der Waals surface area contributed by atoms with Gasteiger partial charge in [0.05, 0.1) is 6.54 Å². The van der Waals surface area contributed by atoms with E-state index in [1.807, 2.05) is 4.90 Å². The molecule has 2 atom stereocenters. The second-order valence-corrected chi connectivity index (χ2v) is 7.45. The van der Waals surface area contributed by atoms with E-state index in [0.717, 1.165) is 0 Å². The highest BCUT2D eigenvalue weighted by atomic mass is 16.2. The highest BCUT2D eigenvalue weighted by Gasteiger charge is 2.39. The Kier molecular flexibility index (Phi) is 4.43. The van der Waals surface area contributed by atoms with Gasteiger partial charge in [0, 0.05) is 6.04 Å². The van der Waals surface area contributed by atoms with E-state index in [9.17, 15) is 4.79 Å². The fourth-order valence-corrected chi connectivity index (χ4v) is 2.72. The van der Waals surface area contributed by atoms with E-state index in [2.05, 4.69) is 71.1 Å². The van der Waals surface area contributed by atoms with Crippen LogP contribution in [0.2, 0.25) is 0 Å². The molecule has 0 aliphatic carbocycles. The average Bonchev–Trinajstić information content (AvgIpc) is 2.78. The molecular formula is C18H28N2O. The maximum Gasteiger partial charge on any atom is 0.238 e. The number of carbonyl (C=O) groups is 1. The van der Waals surface area contributed by atoms with E-state index in [1.165, 1.54) is 11.1 Å². The van der Waals surface area contributed by atoms with Crippen molar-refractivity contribution >= 4 is 5.91 Å². The third-order valence-electron chi connectivity index (χ3n) is 4.60. The van der Waals surface area contributed by atoms with E-state index in [4.69, 9.17) is 0 Å². The van der Waals surface area contributed by atoms with Gasteiger partial charge in [-0.2, -0.15) is 0 Å². The number of nitrogens with zero attached hydrogens (tertiary/aromatic N) is 1. The summed E-state index contributed by atoms with van der Waals surface area (Å²) in [5.41, 5.74) is 2.57. The van der Waals surface area contributed by atoms with Gasteiger partial charge in [0.1, 0.15) is 6.17 Å². The van der Waals surface area contributed by atoms with Gasteiger partial charge in [-0.15, -0.1) is 0 Å². The number of carbonyl (C=O) groups excluding carboxylic acids is 1. The lowest BCUT2D eigenvalue weighted by atomic mass is 9.86. The lowest BCUT2D eigenvalue weighted by Crippen LogP contribution is -2.45. The van der Waals surface area contributed by atoms with Crippen molar-refractivity contribution < 1.29 is 4.79 Å². The molecule has 0 radical (unpaired) electrons. The van der Waals surface area contributed by atoms with E-state index in [0.29, 0.717) is 12.5 Å². The van der Waals surface area contributed by atoms with Crippen molar-refractivity contribution in [2.45, 2.75) is 59.7 Å². The van der Waals surface area contributed by atoms with Crippen LogP contribution in [0.1, 0.15) is 64.8 Å². The Morgan fingerprint density at radius 2 is 1.71 bits per heavy atom. The van der Waals surface area contributed by atoms with Crippen molar-refractivity contribution in [3.05, 3.63) is 35.4 Å². The van der Waals surface area contributed by atoms with E-state index in [1.54, 1.807) is 0 Å². The summed E-state index contributed by atoms with van der Waals surface area (Å²) in [6.45, 7) is 13.5. The van der Waals surface area contributed by atoms with Crippen LogP contribution >= 0.6 is 0 Å². The molecule has 3 heteroatoms. The highest BCUT2D eigenvalue weighted by Crippen LogP contribution is 2.33. The molecule has 0 saturated carbocycles. The summed E-state index contributed by atoms with van der Waals surface area (Å²) in [7, 11) is 0. The first-order valence-corrected chi connectivity index (χ1v) is 7.86. The van der Waals surface area contributed by atoms with Crippen LogP contribution in [0.15, 0.2) is 24.3 Å². The Morgan fingerprint density at radius 1 is 1.14 bits per heavy atom. The van der Waals surface area contributed by atoms with Crippen molar-refractivity contribution in [2.24, 2.45) is 5.41 Å². The first-order valence-electron chi connectivity index (χ1n) is 7.86. The normalized spacial score (nSPS) is 21.2. The van der Waals surface area contributed by atoms with Gasteiger partial charge in [0.2, 0.25) is 5.91 Å². The quantitative estimate of drug-likeness (QED) is 0.920. The molecule has 0 bridgehead atoms. The van der Waals surface area contributed by atoms with Crippen molar-refractivity contribution in [3.63, 3.8) is 0 Å². The van der Waals surface area contributed by atoms with Gasteiger partial charge in [-0.05, 0) is 29.4 Å². The second kappa shape index (κ2) is 5.80. The Labute approximate surface area is 128 Å². The predicted molar refractivity (Wildman–Crippen MR) is 87.0 cm³/mol. The van der Waals surface area contributed by atoms with Gasteiger partial charge in [-0.3, -0.25) is 10.1 Å². The van der Waals surface area contributed by atoms with E-state index < -0.39 is 0 Å². The van der Waals surface area contributed by atoms with Crippen LogP contribution in [-0.2, 0) is 4.79 Å². The summed E-state index contributed by atoms with van der Waals surface area (Å²) in [5, 5.41) is 3.35. The summed E-state index contributed by atoms with van der Waals surface area (Å²) in [4.78, 5) is 14.3. The molecule has 2 unspecified atom stereocenters. The van der Waals surface area contributed by atoms with Crippen LogP contribution in [0.25, 0.3) is 0 Å².